The molecule has 2 aromatic carbocycles. The number of aryl methyl sites for hydroxylation is 2. The molecule has 0 amide bonds. The number of rotatable bonds is 6. The van der Waals surface area contributed by atoms with E-state index in [1.807, 2.05) is 26.8 Å². The van der Waals surface area contributed by atoms with Crippen LogP contribution in [0.3, 0.4) is 0 Å². The van der Waals surface area contributed by atoms with E-state index < -0.39 is 17.0 Å². The van der Waals surface area contributed by atoms with Gasteiger partial charge in [0.25, 0.3) is 5.69 Å². The third kappa shape index (κ3) is 4.10. The first-order valence-electron chi connectivity index (χ1n) is 7.48. The van der Waals surface area contributed by atoms with Crippen molar-refractivity contribution >= 4 is 11.7 Å². The SMILES string of the molecule is Cc1cc(C)c(C)c(OC(Cc2cccc([N+](=O)[O-])c2)C(=O)O)c1. The van der Waals surface area contributed by atoms with Crippen molar-refractivity contribution in [3.63, 3.8) is 0 Å². The summed E-state index contributed by atoms with van der Waals surface area (Å²) >= 11 is 0. The maximum atomic E-state index is 11.5. The van der Waals surface area contributed by atoms with Crippen LogP contribution in [0.15, 0.2) is 36.4 Å². The summed E-state index contributed by atoms with van der Waals surface area (Å²) in [5.74, 6) is -0.592. The quantitative estimate of drug-likeness (QED) is 0.646. The van der Waals surface area contributed by atoms with Gasteiger partial charge >= 0.3 is 5.97 Å². The van der Waals surface area contributed by atoms with Gasteiger partial charge in [0.15, 0.2) is 6.10 Å². The van der Waals surface area contributed by atoms with Crippen molar-refractivity contribution in [2.24, 2.45) is 0 Å². The molecule has 1 unspecified atom stereocenters. The van der Waals surface area contributed by atoms with Gasteiger partial charge in [-0.3, -0.25) is 10.1 Å². The molecule has 1 atom stereocenters. The fraction of sp³-hybridized carbons (Fsp3) is 0.278. The van der Waals surface area contributed by atoms with Gasteiger partial charge < -0.3 is 9.84 Å². The molecule has 0 aliphatic rings. The second kappa shape index (κ2) is 7.12. The standard InChI is InChI=1S/C18H19NO5/c1-11-7-12(2)13(3)16(8-11)24-17(18(20)21)10-14-5-4-6-15(9-14)19(22)23/h4-9,17H,10H2,1-3H3,(H,20,21). The summed E-state index contributed by atoms with van der Waals surface area (Å²) < 4.78 is 5.70. The molecule has 0 aromatic heterocycles. The Balaban J connectivity index is 2.27. The lowest BCUT2D eigenvalue weighted by atomic mass is 10.0. The number of carboxylic acids is 1. The molecule has 6 nitrogen and oxygen atoms in total. The highest BCUT2D eigenvalue weighted by atomic mass is 16.6. The summed E-state index contributed by atoms with van der Waals surface area (Å²) in [6, 6.07) is 9.72. The van der Waals surface area contributed by atoms with E-state index in [4.69, 9.17) is 4.74 Å². The minimum absolute atomic E-state index is 0.0451. The van der Waals surface area contributed by atoms with Crippen molar-refractivity contribution in [3.05, 3.63) is 68.8 Å². The third-order valence-electron chi connectivity index (χ3n) is 3.85. The third-order valence-corrected chi connectivity index (χ3v) is 3.85. The van der Waals surface area contributed by atoms with Gasteiger partial charge in [-0.05, 0) is 49.1 Å². The Kier molecular flexibility index (Phi) is 5.18. The molecule has 1 N–H and O–H groups in total. The summed E-state index contributed by atoms with van der Waals surface area (Å²) in [5.41, 5.74) is 3.35. The van der Waals surface area contributed by atoms with Crippen LogP contribution in [0.25, 0.3) is 0 Å². The number of aliphatic carboxylic acids is 1. The Morgan fingerprint density at radius 3 is 2.58 bits per heavy atom. The number of nitro groups is 1. The first-order chi connectivity index (χ1) is 11.3. The number of nitro benzene ring substituents is 1. The smallest absolute Gasteiger partial charge is 0.345 e. The Morgan fingerprint density at radius 2 is 1.96 bits per heavy atom. The monoisotopic (exact) mass is 329 g/mol. The molecule has 0 saturated carbocycles. The number of hydrogen-bond donors (Lipinski definition) is 1. The van der Waals surface area contributed by atoms with Gasteiger partial charge in [0, 0.05) is 18.6 Å². The summed E-state index contributed by atoms with van der Waals surface area (Å²) in [5, 5.41) is 20.3. The summed E-state index contributed by atoms with van der Waals surface area (Å²) in [6.07, 6.45) is -1.07. The molecule has 0 radical (unpaired) electrons. The summed E-state index contributed by atoms with van der Waals surface area (Å²) in [4.78, 5) is 21.9. The Labute approximate surface area is 139 Å². The van der Waals surface area contributed by atoms with Crippen LogP contribution in [0.2, 0.25) is 0 Å². The van der Waals surface area contributed by atoms with Gasteiger partial charge in [-0.15, -0.1) is 0 Å². The molecular formula is C18H19NO5. The van der Waals surface area contributed by atoms with Gasteiger partial charge in [-0.1, -0.05) is 18.2 Å². The largest absolute Gasteiger partial charge is 0.478 e. The Morgan fingerprint density at radius 1 is 1.25 bits per heavy atom. The van der Waals surface area contributed by atoms with Gasteiger partial charge in [0.2, 0.25) is 0 Å². The molecule has 126 valence electrons. The molecule has 0 aliphatic carbocycles. The van der Waals surface area contributed by atoms with Crippen LogP contribution < -0.4 is 4.74 Å². The molecule has 0 heterocycles. The molecular weight excluding hydrogens is 310 g/mol. The minimum Gasteiger partial charge on any atom is -0.478 e. The lowest BCUT2D eigenvalue weighted by molar-refractivity contribution is -0.384. The highest BCUT2D eigenvalue weighted by Crippen LogP contribution is 2.25. The topological polar surface area (TPSA) is 89.7 Å². The molecule has 0 aliphatic heterocycles. The van der Waals surface area contributed by atoms with Gasteiger partial charge in [0.05, 0.1) is 4.92 Å². The first kappa shape index (κ1) is 17.5. The van der Waals surface area contributed by atoms with Crippen molar-refractivity contribution in [2.45, 2.75) is 33.3 Å². The number of hydrogen-bond acceptors (Lipinski definition) is 4. The number of ether oxygens (including phenoxy) is 1. The molecule has 24 heavy (non-hydrogen) atoms. The van der Waals surface area contributed by atoms with Crippen LogP contribution in [0.5, 0.6) is 5.75 Å². The highest BCUT2D eigenvalue weighted by molar-refractivity contribution is 5.73. The predicted octanol–water partition coefficient (Wildman–Crippen LogP) is 3.59. The zero-order chi connectivity index (χ0) is 17.9. The normalized spacial score (nSPS) is 11.8. The number of nitrogens with zero attached hydrogens (tertiary/aromatic N) is 1. The number of non-ortho nitro benzene ring substituents is 1. The summed E-state index contributed by atoms with van der Waals surface area (Å²) in [6.45, 7) is 5.72. The van der Waals surface area contributed by atoms with Crippen molar-refractivity contribution in [1.29, 1.82) is 0 Å². The van der Waals surface area contributed by atoms with Crippen molar-refractivity contribution in [3.8, 4) is 5.75 Å². The lowest BCUT2D eigenvalue weighted by Crippen LogP contribution is -2.29. The van der Waals surface area contributed by atoms with Crippen molar-refractivity contribution < 1.29 is 19.6 Å². The minimum atomic E-state index is -1.12. The lowest BCUT2D eigenvalue weighted by Gasteiger charge is -2.18. The average Bonchev–Trinajstić information content (AvgIpc) is 2.51. The van der Waals surface area contributed by atoms with E-state index in [9.17, 15) is 20.0 Å². The fourth-order valence-electron chi connectivity index (χ4n) is 2.47. The molecule has 2 aromatic rings. The van der Waals surface area contributed by atoms with E-state index in [2.05, 4.69) is 0 Å². The maximum absolute atomic E-state index is 11.5. The first-order valence-corrected chi connectivity index (χ1v) is 7.48. The van der Waals surface area contributed by atoms with Crippen LogP contribution in [-0.4, -0.2) is 22.1 Å². The van der Waals surface area contributed by atoms with E-state index in [1.54, 1.807) is 12.1 Å². The zero-order valence-electron chi connectivity index (χ0n) is 13.8. The average molecular weight is 329 g/mol. The number of carbonyl (C=O) groups is 1. The van der Waals surface area contributed by atoms with Gasteiger partial charge in [-0.2, -0.15) is 0 Å². The fourth-order valence-corrected chi connectivity index (χ4v) is 2.47. The zero-order valence-corrected chi connectivity index (χ0v) is 13.8. The van der Waals surface area contributed by atoms with Crippen LogP contribution in [0, 0.1) is 30.9 Å². The second-order valence-corrected chi connectivity index (χ2v) is 5.78. The van der Waals surface area contributed by atoms with Crippen LogP contribution in [-0.2, 0) is 11.2 Å². The van der Waals surface area contributed by atoms with E-state index >= 15 is 0 Å². The molecule has 6 heteroatoms. The van der Waals surface area contributed by atoms with Gasteiger partial charge in [-0.25, -0.2) is 4.79 Å². The van der Waals surface area contributed by atoms with E-state index in [1.165, 1.54) is 18.2 Å². The molecule has 0 bridgehead atoms. The maximum Gasteiger partial charge on any atom is 0.345 e. The molecule has 0 spiro atoms. The molecule has 0 saturated heterocycles. The van der Waals surface area contributed by atoms with Crippen LogP contribution in [0.4, 0.5) is 5.69 Å². The summed E-state index contributed by atoms with van der Waals surface area (Å²) in [7, 11) is 0. The Hall–Kier alpha value is -2.89. The number of benzene rings is 2. The van der Waals surface area contributed by atoms with E-state index in [-0.39, 0.29) is 12.1 Å². The Bertz CT molecular complexity index is 785. The second-order valence-electron chi connectivity index (χ2n) is 5.78. The van der Waals surface area contributed by atoms with E-state index in [0.29, 0.717) is 11.3 Å². The molecule has 0 fully saturated rings. The number of carboxylic acid groups (broad SMARTS) is 1. The molecule has 2 rings (SSSR count). The highest BCUT2D eigenvalue weighted by Gasteiger charge is 2.22. The van der Waals surface area contributed by atoms with Crippen LogP contribution in [0.1, 0.15) is 22.3 Å². The van der Waals surface area contributed by atoms with Gasteiger partial charge in [0.1, 0.15) is 5.75 Å². The van der Waals surface area contributed by atoms with Crippen LogP contribution >= 0.6 is 0 Å². The van der Waals surface area contributed by atoms with E-state index in [0.717, 1.165) is 16.7 Å². The predicted molar refractivity (Wildman–Crippen MR) is 89.5 cm³/mol. The van der Waals surface area contributed by atoms with Crippen molar-refractivity contribution in [2.75, 3.05) is 0 Å². The van der Waals surface area contributed by atoms with Crippen molar-refractivity contribution in [1.82, 2.24) is 0 Å².